The van der Waals surface area contributed by atoms with E-state index in [0.717, 1.165) is 0 Å². The number of carbonyl (C=O) groups excluding carboxylic acids is 2. The van der Waals surface area contributed by atoms with E-state index in [1.807, 2.05) is 0 Å². The molecule has 0 N–H and O–H groups in total. The number of ether oxygens (including phenoxy) is 4. The second-order valence-corrected chi connectivity index (χ2v) is 22.8. The molecule has 0 bridgehead atoms. The van der Waals surface area contributed by atoms with Crippen LogP contribution in [0.2, 0.25) is 13.3 Å². The fourth-order valence-electron chi connectivity index (χ4n) is 5.31. The van der Waals surface area contributed by atoms with Gasteiger partial charge in [0.05, 0.1) is 0 Å². The Hall–Kier alpha value is -0.601. The Morgan fingerprint density at radius 1 is 0.970 bits per heavy atom. The SMILES string of the molecule is CCC[CH2][Sn](/[CH]=C1/[C@@H](C)O[C@H]2O[C@H](COC(C)=O)[C@@H](OC(C)=O)C[C@@H]12)([CH2]CCC)[CH2]CCC. The van der Waals surface area contributed by atoms with Gasteiger partial charge < -0.3 is 0 Å². The second kappa shape index (κ2) is 14.1. The summed E-state index contributed by atoms with van der Waals surface area (Å²) in [5.74, 6) is -0.612. The molecule has 2 saturated heterocycles. The molecule has 0 aromatic rings. The van der Waals surface area contributed by atoms with Crippen molar-refractivity contribution in [2.24, 2.45) is 5.92 Å². The van der Waals surface area contributed by atoms with Crippen molar-refractivity contribution in [2.45, 2.75) is 124 Å². The summed E-state index contributed by atoms with van der Waals surface area (Å²) >= 11 is -2.54. The van der Waals surface area contributed by atoms with Crippen LogP contribution in [-0.4, -0.2) is 61.5 Å². The standard InChI is InChI=1S/C14H19O6.3C4H9.Sn/c1-7-8(2)18-14-11(7)5-12(19-10(4)16)13(20-14)6-17-9(3)15;3*1-3-4-2;/h1,8,11-14H,5-6H2,2-4H3;3*1,3-4H2,2H3;/t8-,11+,12+,13-,14+;;;;/m1..../s1. The molecule has 0 amide bonds. The quantitative estimate of drug-likeness (QED) is 0.201. The van der Waals surface area contributed by atoms with Gasteiger partial charge in [0.15, 0.2) is 0 Å². The van der Waals surface area contributed by atoms with Crippen LogP contribution < -0.4 is 0 Å². The van der Waals surface area contributed by atoms with Crippen LogP contribution in [0.25, 0.3) is 0 Å². The predicted octanol–water partition coefficient (Wildman–Crippen LogP) is 5.95. The maximum absolute atomic E-state index is 11.8. The van der Waals surface area contributed by atoms with E-state index in [1.165, 1.54) is 71.3 Å². The number of rotatable bonds is 13. The first kappa shape index (κ1) is 28.6. The van der Waals surface area contributed by atoms with Gasteiger partial charge in [-0.25, -0.2) is 0 Å². The third-order valence-corrected chi connectivity index (χ3v) is 21.4. The van der Waals surface area contributed by atoms with Gasteiger partial charge in [0, 0.05) is 0 Å². The molecule has 0 radical (unpaired) electrons. The molecule has 2 aliphatic rings. The third-order valence-electron chi connectivity index (χ3n) is 7.10. The van der Waals surface area contributed by atoms with Gasteiger partial charge in [0.1, 0.15) is 0 Å². The molecule has 2 heterocycles. The van der Waals surface area contributed by atoms with Crippen molar-refractivity contribution in [3.05, 3.63) is 9.67 Å². The van der Waals surface area contributed by atoms with Crippen LogP contribution in [0.5, 0.6) is 0 Å². The molecular formula is C26H46O6Sn. The molecule has 2 rings (SSSR count). The van der Waals surface area contributed by atoms with Crippen molar-refractivity contribution in [1.82, 2.24) is 0 Å². The van der Waals surface area contributed by atoms with E-state index in [9.17, 15) is 9.59 Å². The number of hydrogen-bond donors (Lipinski definition) is 0. The van der Waals surface area contributed by atoms with Crippen LogP contribution in [-0.2, 0) is 28.5 Å². The average molecular weight is 573 g/mol. The molecule has 0 aliphatic carbocycles. The summed E-state index contributed by atoms with van der Waals surface area (Å²) in [5.41, 5.74) is 1.38. The third kappa shape index (κ3) is 8.53. The second-order valence-electron chi connectivity index (χ2n) is 9.93. The zero-order chi connectivity index (χ0) is 24.4. The van der Waals surface area contributed by atoms with Gasteiger partial charge in [-0.05, 0) is 0 Å². The van der Waals surface area contributed by atoms with Gasteiger partial charge in [-0.1, -0.05) is 0 Å². The van der Waals surface area contributed by atoms with E-state index in [4.69, 9.17) is 18.9 Å². The van der Waals surface area contributed by atoms with E-state index in [1.54, 1.807) is 0 Å². The number of esters is 2. The molecule has 190 valence electrons. The van der Waals surface area contributed by atoms with Crippen molar-refractivity contribution < 1.29 is 28.5 Å². The van der Waals surface area contributed by atoms with Crippen molar-refractivity contribution >= 4 is 30.3 Å². The molecule has 0 aromatic heterocycles. The maximum atomic E-state index is 11.8. The van der Waals surface area contributed by atoms with Crippen LogP contribution in [0.3, 0.4) is 0 Å². The van der Waals surface area contributed by atoms with Crippen LogP contribution >= 0.6 is 0 Å². The summed E-state index contributed by atoms with van der Waals surface area (Å²) < 4.78 is 30.3. The monoisotopic (exact) mass is 574 g/mol. The summed E-state index contributed by atoms with van der Waals surface area (Å²) in [5, 5.41) is 0. The molecule has 33 heavy (non-hydrogen) atoms. The molecule has 5 atom stereocenters. The van der Waals surface area contributed by atoms with Crippen molar-refractivity contribution in [3.63, 3.8) is 0 Å². The van der Waals surface area contributed by atoms with Gasteiger partial charge in [-0.2, -0.15) is 0 Å². The van der Waals surface area contributed by atoms with E-state index in [2.05, 4.69) is 31.8 Å². The first-order valence-electron chi connectivity index (χ1n) is 13.1. The Labute approximate surface area is 205 Å². The normalized spacial score (nSPS) is 28.5. The van der Waals surface area contributed by atoms with E-state index >= 15 is 0 Å². The topological polar surface area (TPSA) is 71.1 Å². The first-order chi connectivity index (χ1) is 15.7. The van der Waals surface area contributed by atoms with Crippen molar-refractivity contribution in [3.8, 4) is 0 Å². The fraction of sp³-hybridized carbons (Fsp3) is 0.846. The molecule has 0 aromatic carbocycles. The average Bonchev–Trinajstić information content (AvgIpc) is 3.06. The fourth-order valence-corrected chi connectivity index (χ4v) is 21.0. The van der Waals surface area contributed by atoms with Crippen LogP contribution in [0, 0.1) is 5.92 Å². The minimum atomic E-state index is -2.54. The van der Waals surface area contributed by atoms with Gasteiger partial charge in [0.25, 0.3) is 0 Å². The Morgan fingerprint density at radius 2 is 1.55 bits per heavy atom. The van der Waals surface area contributed by atoms with Crippen LogP contribution in [0.4, 0.5) is 0 Å². The Morgan fingerprint density at radius 3 is 2.03 bits per heavy atom. The Balaban J connectivity index is 2.33. The first-order valence-corrected chi connectivity index (χ1v) is 20.8. The van der Waals surface area contributed by atoms with E-state index in [0.29, 0.717) is 6.42 Å². The Kier molecular flexibility index (Phi) is 12.2. The molecular weight excluding hydrogens is 527 g/mol. The van der Waals surface area contributed by atoms with Gasteiger partial charge >= 0.3 is 205 Å². The predicted molar refractivity (Wildman–Crippen MR) is 132 cm³/mol. The van der Waals surface area contributed by atoms with Crippen molar-refractivity contribution in [1.29, 1.82) is 0 Å². The van der Waals surface area contributed by atoms with Gasteiger partial charge in [0.2, 0.25) is 0 Å². The van der Waals surface area contributed by atoms with Gasteiger partial charge in [-0.15, -0.1) is 0 Å². The molecule has 7 heteroatoms. The number of carbonyl (C=O) groups is 2. The van der Waals surface area contributed by atoms with Crippen LogP contribution in [0.15, 0.2) is 9.67 Å². The summed E-state index contributed by atoms with van der Waals surface area (Å²) in [4.78, 5) is 23.1. The summed E-state index contributed by atoms with van der Waals surface area (Å²) in [7, 11) is 0. The molecule has 6 nitrogen and oxygen atoms in total. The van der Waals surface area contributed by atoms with Gasteiger partial charge in [-0.3, -0.25) is 0 Å². The summed E-state index contributed by atoms with van der Waals surface area (Å²) in [6, 6.07) is 0. The van der Waals surface area contributed by atoms with Crippen molar-refractivity contribution in [2.75, 3.05) is 6.61 Å². The van der Waals surface area contributed by atoms with E-state index in [-0.39, 0.29) is 36.9 Å². The molecule has 2 fully saturated rings. The number of unbranched alkanes of at least 4 members (excludes halogenated alkanes) is 3. The summed E-state index contributed by atoms with van der Waals surface area (Å²) in [6.07, 6.45) is 7.02. The summed E-state index contributed by atoms with van der Waals surface area (Å²) in [6.45, 7) is 11.9. The number of fused-ring (bicyclic) bond motifs is 1. The minimum absolute atomic E-state index is 0.00593. The Bertz CT molecular complexity index is 641. The van der Waals surface area contributed by atoms with E-state index < -0.39 is 30.6 Å². The zero-order valence-electron chi connectivity index (χ0n) is 21.7. The molecule has 0 saturated carbocycles. The number of hydrogen-bond acceptors (Lipinski definition) is 6. The zero-order valence-corrected chi connectivity index (χ0v) is 24.5. The molecule has 0 spiro atoms. The van der Waals surface area contributed by atoms with Crippen LogP contribution in [0.1, 0.15) is 86.5 Å². The molecule has 2 aliphatic heterocycles. The molecule has 0 unspecified atom stereocenters.